The van der Waals surface area contributed by atoms with Crippen LogP contribution in [0.4, 0.5) is 0 Å². The fraction of sp³-hybridized carbons (Fsp3) is 0.353. The topological polar surface area (TPSA) is 38.3 Å². The first-order valence-electron chi connectivity index (χ1n) is 7.18. The van der Waals surface area contributed by atoms with Crippen molar-refractivity contribution in [3.8, 4) is 5.75 Å². The lowest BCUT2D eigenvalue weighted by atomic mass is 10.0. The van der Waals surface area contributed by atoms with Crippen LogP contribution in [0.2, 0.25) is 0 Å². The van der Waals surface area contributed by atoms with Crippen molar-refractivity contribution in [2.75, 3.05) is 7.11 Å². The van der Waals surface area contributed by atoms with Crippen LogP contribution in [-0.2, 0) is 0 Å². The Morgan fingerprint density at radius 2 is 1.95 bits per heavy atom. The van der Waals surface area contributed by atoms with Gasteiger partial charge in [0, 0.05) is 4.88 Å². The normalized spacial score (nSPS) is 15.5. The quantitative estimate of drug-likeness (QED) is 0.908. The van der Waals surface area contributed by atoms with Crippen molar-refractivity contribution in [2.24, 2.45) is 5.92 Å². The predicted octanol–water partition coefficient (Wildman–Crippen LogP) is 3.95. The SMILES string of the molecule is COc1ccc([C@@H](NC(=O)c2ccc(C)s2)C2CC2)cc1. The first-order chi connectivity index (χ1) is 10.2. The van der Waals surface area contributed by atoms with E-state index in [4.69, 9.17) is 4.74 Å². The van der Waals surface area contributed by atoms with Gasteiger partial charge in [-0.1, -0.05) is 12.1 Å². The molecule has 1 N–H and O–H groups in total. The summed E-state index contributed by atoms with van der Waals surface area (Å²) in [5.41, 5.74) is 1.15. The average Bonchev–Trinajstić information content (AvgIpc) is 3.25. The van der Waals surface area contributed by atoms with Crippen LogP contribution < -0.4 is 10.1 Å². The van der Waals surface area contributed by atoms with E-state index in [0.29, 0.717) is 5.92 Å². The van der Waals surface area contributed by atoms with Crippen molar-refractivity contribution in [3.63, 3.8) is 0 Å². The van der Waals surface area contributed by atoms with E-state index >= 15 is 0 Å². The average molecular weight is 301 g/mol. The fourth-order valence-electron chi connectivity index (χ4n) is 2.48. The minimum atomic E-state index is 0.0285. The smallest absolute Gasteiger partial charge is 0.261 e. The van der Waals surface area contributed by atoms with Gasteiger partial charge in [0.1, 0.15) is 5.75 Å². The van der Waals surface area contributed by atoms with Gasteiger partial charge in [-0.05, 0) is 55.5 Å². The summed E-state index contributed by atoms with van der Waals surface area (Å²) in [7, 11) is 1.66. The van der Waals surface area contributed by atoms with Crippen molar-refractivity contribution in [2.45, 2.75) is 25.8 Å². The highest BCUT2D eigenvalue weighted by Crippen LogP contribution is 2.41. The zero-order valence-electron chi connectivity index (χ0n) is 12.3. The molecule has 1 saturated carbocycles. The highest BCUT2D eigenvalue weighted by atomic mass is 32.1. The van der Waals surface area contributed by atoms with Crippen LogP contribution >= 0.6 is 11.3 Å². The third-order valence-corrected chi connectivity index (χ3v) is 4.82. The minimum Gasteiger partial charge on any atom is -0.497 e. The van der Waals surface area contributed by atoms with Gasteiger partial charge >= 0.3 is 0 Å². The summed E-state index contributed by atoms with van der Waals surface area (Å²) in [5, 5.41) is 3.19. The van der Waals surface area contributed by atoms with Gasteiger partial charge in [0.2, 0.25) is 0 Å². The molecule has 110 valence electrons. The molecule has 1 aliphatic carbocycles. The van der Waals surface area contributed by atoms with Gasteiger partial charge in [0.05, 0.1) is 18.0 Å². The van der Waals surface area contributed by atoms with Crippen molar-refractivity contribution in [1.29, 1.82) is 0 Å². The van der Waals surface area contributed by atoms with Gasteiger partial charge in [-0.3, -0.25) is 4.79 Å². The molecule has 1 heterocycles. The first kappa shape index (κ1) is 14.1. The molecule has 1 aromatic heterocycles. The molecular weight excluding hydrogens is 282 g/mol. The molecule has 1 amide bonds. The molecule has 4 heteroatoms. The molecule has 3 rings (SSSR count). The van der Waals surface area contributed by atoms with E-state index in [9.17, 15) is 4.79 Å². The Hall–Kier alpha value is -1.81. The van der Waals surface area contributed by atoms with E-state index in [1.807, 2.05) is 43.3 Å². The number of hydrogen-bond acceptors (Lipinski definition) is 3. The van der Waals surface area contributed by atoms with Crippen LogP contribution in [0.15, 0.2) is 36.4 Å². The number of carbonyl (C=O) groups is 1. The summed E-state index contributed by atoms with van der Waals surface area (Å²) >= 11 is 1.54. The second-order valence-electron chi connectivity index (χ2n) is 5.47. The maximum Gasteiger partial charge on any atom is 0.261 e. The van der Waals surface area contributed by atoms with Crippen molar-refractivity contribution < 1.29 is 9.53 Å². The van der Waals surface area contributed by atoms with Gasteiger partial charge in [-0.2, -0.15) is 0 Å². The van der Waals surface area contributed by atoms with Crippen LogP contribution in [-0.4, -0.2) is 13.0 Å². The van der Waals surface area contributed by atoms with Crippen LogP contribution in [0.25, 0.3) is 0 Å². The molecule has 0 radical (unpaired) electrons. The van der Waals surface area contributed by atoms with Crippen LogP contribution in [0.5, 0.6) is 5.75 Å². The predicted molar refractivity (Wildman–Crippen MR) is 85.0 cm³/mol. The van der Waals surface area contributed by atoms with E-state index in [1.54, 1.807) is 7.11 Å². The van der Waals surface area contributed by atoms with Crippen LogP contribution in [0, 0.1) is 12.8 Å². The Labute approximate surface area is 129 Å². The molecule has 1 aromatic carbocycles. The maximum absolute atomic E-state index is 12.4. The highest BCUT2D eigenvalue weighted by Gasteiger charge is 2.33. The molecule has 0 spiro atoms. The second kappa shape index (κ2) is 5.90. The number of aryl methyl sites for hydroxylation is 1. The molecule has 0 unspecified atom stereocenters. The van der Waals surface area contributed by atoms with Gasteiger partial charge in [-0.15, -0.1) is 11.3 Å². The summed E-state index contributed by atoms with van der Waals surface area (Å²) in [5.74, 6) is 1.43. The molecule has 21 heavy (non-hydrogen) atoms. The van der Waals surface area contributed by atoms with E-state index in [-0.39, 0.29) is 11.9 Å². The highest BCUT2D eigenvalue weighted by molar-refractivity contribution is 7.13. The summed E-state index contributed by atoms with van der Waals surface area (Å²) in [6.07, 6.45) is 2.36. The lowest BCUT2D eigenvalue weighted by Crippen LogP contribution is -2.29. The molecular formula is C17H19NO2S. The molecule has 1 fully saturated rings. The van der Waals surface area contributed by atoms with E-state index in [1.165, 1.54) is 24.2 Å². The number of methoxy groups -OCH3 is 1. The summed E-state index contributed by atoms with van der Waals surface area (Å²) in [6, 6.07) is 12.0. The Morgan fingerprint density at radius 3 is 2.48 bits per heavy atom. The van der Waals surface area contributed by atoms with Crippen LogP contribution in [0.1, 0.15) is 39.0 Å². The number of benzene rings is 1. The van der Waals surface area contributed by atoms with E-state index in [0.717, 1.165) is 21.1 Å². The summed E-state index contributed by atoms with van der Waals surface area (Å²) in [6.45, 7) is 2.02. The number of ether oxygens (including phenoxy) is 1. The molecule has 1 atom stereocenters. The molecule has 1 aliphatic rings. The molecule has 2 aromatic rings. The van der Waals surface area contributed by atoms with Crippen molar-refractivity contribution in [1.82, 2.24) is 5.32 Å². The zero-order valence-corrected chi connectivity index (χ0v) is 13.1. The Balaban J connectivity index is 1.76. The number of amides is 1. The van der Waals surface area contributed by atoms with Crippen molar-refractivity contribution in [3.05, 3.63) is 51.7 Å². The number of rotatable bonds is 5. The molecule has 0 aliphatic heterocycles. The maximum atomic E-state index is 12.4. The Kier molecular flexibility index (Phi) is 3.97. The second-order valence-corrected chi connectivity index (χ2v) is 6.76. The van der Waals surface area contributed by atoms with Crippen molar-refractivity contribution >= 4 is 17.2 Å². The number of thiophene rings is 1. The largest absolute Gasteiger partial charge is 0.497 e. The fourth-order valence-corrected chi connectivity index (χ4v) is 3.25. The monoisotopic (exact) mass is 301 g/mol. The standard InChI is InChI=1S/C17H19NO2S/c1-11-3-10-15(21-11)17(19)18-16(12-4-5-12)13-6-8-14(20-2)9-7-13/h3,6-10,12,16H,4-5H2,1-2H3,(H,18,19)/t16-/m0/s1. The van der Waals surface area contributed by atoms with E-state index in [2.05, 4.69) is 5.32 Å². The number of carbonyl (C=O) groups excluding carboxylic acids is 1. The summed E-state index contributed by atoms with van der Waals surface area (Å²) in [4.78, 5) is 14.3. The Bertz CT molecular complexity index is 628. The van der Waals surface area contributed by atoms with E-state index < -0.39 is 0 Å². The lowest BCUT2D eigenvalue weighted by molar-refractivity contribution is 0.0936. The minimum absolute atomic E-state index is 0.0285. The lowest BCUT2D eigenvalue weighted by Gasteiger charge is -2.18. The third-order valence-electron chi connectivity index (χ3n) is 3.82. The summed E-state index contributed by atoms with van der Waals surface area (Å²) < 4.78 is 5.19. The van der Waals surface area contributed by atoms with Gasteiger partial charge in [0.15, 0.2) is 0 Å². The van der Waals surface area contributed by atoms with Gasteiger partial charge in [0.25, 0.3) is 5.91 Å². The Morgan fingerprint density at radius 1 is 1.24 bits per heavy atom. The molecule has 3 nitrogen and oxygen atoms in total. The molecule has 0 saturated heterocycles. The third kappa shape index (κ3) is 3.27. The van der Waals surface area contributed by atoms with Crippen LogP contribution in [0.3, 0.4) is 0 Å². The first-order valence-corrected chi connectivity index (χ1v) is 8.00. The number of hydrogen-bond donors (Lipinski definition) is 1. The zero-order chi connectivity index (χ0) is 14.8. The number of nitrogens with one attached hydrogen (secondary N) is 1. The van der Waals surface area contributed by atoms with Gasteiger partial charge in [-0.25, -0.2) is 0 Å². The molecule has 0 bridgehead atoms. The van der Waals surface area contributed by atoms with Gasteiger partial charge < -0.3 is 10.1 Å².